The van der Waals surface area contributed by atoms with Crippen LogP contribution in [0.4, 0.5) is 0 Å². The Morgan fingerprint density at radius 3 is 2.44 bits per heavy atom. The highest BCUT2D eigenvalue weighted by atomic mass is 16.2. The molecule has 2 heterocycles. The molecule has 1 atom stereocenters. The van der Waals surface area contributed by atoms with Gasteiger partial charge in [-0.1, -0.05) is 6.42 Å². The van der Waals surface area contributed by atoms with Crippen molar-refractivity contribution in [3.05, 3.63) is 0 Å². The zero-order valence-electron chi connectivity index (χ0n) is 11.2. The van der Waals surface area contributed by atoms with E-state index in [1.807, 2.05) is 0 Å². The number of nitrogens with one attached hydrogen (secondary N) is 1. The lowest BCUT2D eigenvalue weighted by molar-refractivity contribution is -0.135. The maximum atomic E-state index is 12.3. The Morgan fingerprint density at radius 1 is 1.06 bits per heavy atom. The Hall–Kier alpha value is -0.610. The highest BCUT2D eigenvalue weighted by molar-refractivity contribution is 5.82. The molecular formula is C14H25N3O. The number of carbonyl (C=O) groups is 1. The first-order valence-electron chi connectivity index (χ1n) is 7.57. The maximum Gasteiger partial charge on any atom is 0.239 e. The molecular weight excluding hydrogens is 226 g/mol. The number of amides is 1. The van der Waals surface area contributed by atoms with Crippen LogP contribution < -0.4 is 5.32 Å². The third-order valence-corrected chi connectivity index (χ3v) is 4.51. The molecule has 1 saturated carbocycles. The third kappa shape index (κ3) is 3.04. The van der Waals surface area contributed by atoms with Gasteiger partial charge in [0.25, 0.3) is 0 Å². The van der Waals surface area contributed by atoms with Crippen molar-refractivity contribution in [1.29, 1.82) is 0 Å². The van der Waals surface area contributed by atoms with E-state index in [0.29, 0.717) is 5.91 Å². The minimum Gasteiger partial charge on any atom is -0.339 e. The molecule has 0 aromatic carbocycles. The van der Waals surface area contributed by atoms with E-state index >= 15 is 0 Å². The molecule has 2 saturated heterocycles. The minimum absolute atomic E-state index is 0.105. The molecule has 3 fully saturated rings. The summed E-state index contributed by atoms with van der Waals surface area (Å²) >= 11 is 0. The molecule has 0 radical (unpaired) electrons. The largest absolute Gasteiger partial charge is 0.339 e. The normalized spacial score (nSPS) is 30.4. The Kier molecular flexibility index (Phi) is 3.85. The lowest BCUT2D eigenvalue weighted by Gasteiger charge is -2.37. The van der Waals surface area contributed by atoms with Crippen LogP contribution in [-0.2, 0) is 4.79 Å². The standard InChI is InChI=1S/C14H25N3O/c18-14(13-3-1-2-6-15-13)17-9-7-16(8-10-17)11-12-4-5-12/h12-13,15H,1-11H2. The molecule has 3 aliphatic rings. The molecule has 1 unspecified atom stereocenters. The van der Waals surface area contributed by atoms with Gasteiger partial charge in [-0.3, -0.25) is 9.69 Å². The van der Waals surface area contributed by atoms with Crippen molar-refractivity contribution >= 4 is 5.91 Å². The summed E-state index contributed by atoms with van der Waals surface area (Å²) in [5, 5.41) is 3.36. The molecule has 0 bridgehead atoms. The van der Waals surface area contributed by atoms with E-state index in [1.54, 1.807) is 0 Å². The van der Waals surface area contributed by atoms with Gasteiger partial charge in [-0.25, -0.2) is 0 Å². The Balaban J connectivity index is 1.44. The summed E-state index contributed by atoms with van der Waals surface area (Å²) in [5.74, 6) is 1.31. The third-order valence-electron chi connectivity index (χ3n) is 4.51. The fourth-order valence-electron chi connectivity index (χ4n) is 3.10. The number of hydrogen-bond acceptors (Lipinski definition) is 3. The van der Waals surface area contributed by atoms with Gasteiger partial charge in [0.05, 0.1) is 6.04 Å². The molecule has 4 nitrogen and oxygen atoms in total. The number of piperazine rings is 1. The molecule has 18 heavy (non-hydrogen) atoms. The van der Waals surface area contributed by atoms with Crippen molar-refractivity contribution in [2.45, 2.75) is 38.1 Å². The van der Waals surface area contributed by atoms with Crippen molar-refractivity contribution in [3.63, 3.8) is 0 Å². The Labute approximate surface area is 110 Å². The van der Waals surface area contributed by atoms with Crippen LogP contribution >= 0.6 is 0 Å². The SMILES string of the molecule is O=C(C1CCCCN1)N1CCN(CC2CC2)CC1. The average Bonchev–Trinajstić information content (AvgIpc) is 3.24. The van der Waals surface area contributed by atoms with Crippen LogP contribution in [0, 0.1) is 5.92 Å². The molecule has 0 aromatic rings. The summed E-state index contributed by atoms with van der Waals surface area (Å²) in [6.07, 6.45) is 6.29. The van der Waals surface area contributed by atoms with Gasteiger partial charge in [0, 0.05) is 32.7 Å². The number of rotatable bonds is 3. The van der Waals surface area contributed by atoms with E-state index in [4.69, 9.17) is 0 Å². The van der Waals surface area contributed by atoms with E-state index in [9.17, 15) is 4.79 Å². The second kappa shape index (κ2) is 5.57. The predicted octanol–water partition coefficient (Wildman–Crippen LogP) is 0.683. The van der Waals surface area contributed by atoms with Crippen LogP contribution in [0.5, 0.6) is 0 Å². The first-order chi connectivity index (χ1) is 8.83. The van der Waals surface area contributed by atoms with E-state index in [0.717, 1.165) is 45.1 Å². The topological polar surface area (TPSA) is 35.6 Å². The van der Waals surface area contributed by atoms with Crippen molar-refractivity contribution in [2.24, 2.45) is 5.92 Å². The molecule has 0 spiro atoms. The summed E-state index contributed by atoms with van der Waals surface area (Å²) in [6.45, 7) is 6.30. The van der Waals surface area contributed by atoms with E-state index in [1.165, 1.54) is 32.2 Å². The highest BCUT2D eigenvalue weighted by Gasteiger charge is 2.30. The van der Waals surface area contributed by atoms with E-state index in [-0.39, 0.29) is 6.04 Å². The first-order valence-corrected chi connectivity index (χ1v) is 7.57. The lowest BCUT2D eigenvalue weighted by Crippen LogP contribution is -2.55. The fourth-order valence-corrected chi connectivity index (χ4v) is 3.10. The van der Waals surface area contributed by atoms with Crippen LogP contribution in [0.2, 0.25) is 0 Å². The van der Waals surface area contributed by atoms with Crippen LogP contribution in [0.15, 0.2) is 0 Å². The second-order valence-corrected chi connectivity index (χ2v) is 6.07. The quantitative estimate of drug-likeness (QED) is 0.801. The Bertz CT molecular complexity index is 289. The van der Waals surface area contributed by atoms with Gasteiger partial charge in [0.2, 0.25) is 5.91 Å². The van der Waals surface area contributed by atoms with Crippen LogP contribution in [0.25, 0.3) is 0 Å². The molecule has 3 rings (SSSR count). The zero-order valence-corrected chi connectivity index (χ0v) is 11.2. The van der Waals surface area contributed by atoms with E-state index in [2.05, 4.69) is 15.1 Å². The zero-order chi connectivity index (χ0) is 12.4. The summed E-state index contributed by atoms with van der Waals surface area (Å²) in [6, 6.07) is 0.105. The van der Waals surface area contributed by atoms with Gasteiger partial charge >= 0.3 is 0 Å². The minimum atomic E-state index is 0.105. The molecule has 4 heteroatoms. The van der Waals surface area contributed by atoms with Crippen LogP contribution in [-0.4, -0.2) is 61.0 Å². The summed E-state index contributed by atoms with van der Waals surface area (Å²) < 4.78 is 0. The number of piperidine rings is 1. The van der Waals surface area contributed by atoms with Crippen LogP contribution in [0.1, 0.15) is 32.1 Å². The summed E-state index contributed by atoms with van der Waals surface area (Å²) in [5.41, 5.74) is 0. The van der Waals surface area contributed by atoms with Crippen molar-refractivity contribution in [1.82, 2.24) is 15.1 Å². The molecule has 2 aliphatic heterocycles. The van der Waals surface area contributed by atoms with Gasteiger partial charge in [-0.05, 0) is 38.1 Å². The molecule has 1 aliphatic carbocycles. The molecule has 1 amide bonds. The smallest absolute Gasteiger partial charge is 0.239 e. The number of hydrogen-bond donors (Lipinski definition) is 1. The van der Waals surface area contributed by atoms with Gasteiger partial charge in [0.15, 0.2) is 0 Å². The monoisotopic (exact) mass is 251 g/mol. The van der Waals surface area contributed by atoms with Gasteiger partial charge < -0.3 is 10.2 Å². The summed E-state index contributed by atoms with van der Waals surface area (Å²) in [7, 11) is 0. The molecule has 1 N–H and O–H groups in total. The molecule has 0 aromatic heterocycles. The fraction of sp³-hybridized carbons (Fsp3) is 0.929. The van der Waals surface area contributed by atoms with Gasteiger partial charge in [-0.15, -0.1) is 0 Å². The summed E-state index contributed by atoms with van der Waals surface area (Å²) in [4.78, 5) is 17.0. The lowest BCUT2D eigenvalue weighted by atomic mass is 10.0. The van der Waals surface area contributed by atoms with Crippen molar-refractivity contribution in [3.8, 4) is 0 Å². The maximum absolute atomic E-state index is 12.3. The average molecular weight is 251 g/mol. The molecule has 102 valence electrons. The first kappa shape index (κ1) is 12.4. The number of nitrogens with zero attached hydrogens (tertiary/aromatic N) is 2. The Morgan fingerprint density at radius 2 is 1.83 bits per heavy atom. The van der Waals surface area contributed by atoms with Crippen molar-refractivity contribution < 1.29 is 4.79 Å². The predicted molar refractivity (Wildman–Crippen MR) is 71.4 cm³/mol. The highest BCUT2D eigenvalue weighted by Crippen LogP contribution is 2.29. The van der Waals surface area contributed by atoms with Crippen molar-refractivity contribution in [2.75, 3.05) is 39.3 Å². The second-order valence-electron chi connectivity index (χ2n) is 6.07. The van der Waals surface area contributed by atoms with Crippen LogP contribution in [0.3, 0.4) is 0 Å². The van der Waals surface area contributed by atoms with E-state index < -0.39 is 0 Å². The van der Waals surface area contributed by atoms with Gasteiger partial charge in [-0.2, -0.15) is 0 Å². The van der Waals surface area contributed by atoms with Gasteiger partial charge in [0.1, 0.15) is 0 Å². The number of carbonyl (C=O) groups excluding carboxylic acids is 1.